The molecule has 1 aliphatic heterocycles. The zero-order chi connectivity index (χ0) is 12.0. The third-order valence-corrected chi connectivity index (χ3v) is 4.30. The first kappa shape index (κ1) is 11.1. The van der Waals surface area contributed by atoms with E-state index < -0.39 is 0 Å². The van der Waals surface area contributed by atoms with Gasteiger partial charge >= 0.3 is 0 Å². The number of aliphatic hydroxyl groups excluding tert-OH is 1. The number of aliphatic hydroxyl groups is 1. The molecular formula is C15H20O2. The lowest BCUT2D eigenvalue weighted by molar-refractivity contribution is -0.0328. The normalized spacial score (nSPS) is 31.8. The van der Waals surface area contributed by atoms with Crippen LogP contribution in [0, 0.1) is 12.8 Å². The van der Waals surface area contributed by atoms with Gasteiger partial charge in [0.05, 0.1) is 6.10 Å². The standard InChI is InChI=1S/C15H20O2/c1-3-15(11-5-6-11)9-13(16)12-8-10(2)4-7-14(12)17-15/h4,7-8,11,13,16H,3,5-6,9H2,1-2H3/t13-,15?/m0/s1. The highest BCUT2D eigenvalue weighted by Gasteiger charge is 2.49. The Morgan fingerprint density at radius 1 is 1.41 bits per heavy atom. The first-order chi connectivity index (χ1) is 8.14. The first-order valence-electron chi connectivity index (χ1n) is 6.62. The summed E-state index contributed by atoms with van der Waals surface area (Å²) in [6, 6.07) is 6.12. The number of fused-ring (bicyclic) bond motifs is 1. The van der Waals surface area contributed by atoms with Crippen molar-refractivity contribution in [1.29, 1.82) is 0 Å². The molecule has 0 saturated heterocycles. The Morgan fingerprint density at radius 2 is 2.18 bits per heavy atom. The number of hydrogen-bond donors (Lipinski definition) is 1. The lowest BCUT2D eigenvalue weighted by Crippen LogP contribution is -2.42. The molecule has 1 aromatic carbocycles. The maximum absolute atomic E-state index is 10.3. The minimum absolute atomic E-state index is 0.109. The monoisotopic (exact) mass is 232 g/mol. The molecule has 2 atom stereocenters. The van der Waals surface area contributed by atoms with Crippen LogP contribution in [0.25, 0.3) is 0 Å². The summed E-state index contributed by atoms with van der Waals surface area (Å²) >= 11 is 0. The van der Waals surface area contributed by atoms with Crippen molar-refractivity contribution < 1.29 is 9.84 Å². The van der Waals surface area contributed by atoms with Crippen molar-refractivity contribution in [3.8, 4) is 5.75 Å². The second-order valence-electron chi connectivity index (χ2n) is 5.56. The van der Waals surface area contributed by atoms with Gasteiger partial charge in [0.15, 0.2) is 0 Å². The molecule has 0 spiro atoms. The van der Waals surface area contributed by atoms with E-state index in [1.165, 1.54) is 18.4 Å². The molecular weight excluding hydrogens is 212 g/mol. The molecule has 2 nitrogen and oxygen atoms in total. The first-order valence-corrected chi connectivity index (χ1v) is 6.62. The van der Waals surface area contributed by atoms with E-state index in [0.29, 0.717) is 5.92 Å². The maximum Gasteiger partial charge on any atom is 0.125 e. The van der Waals surface area contributed by atoms with Gasteiger partial charge < -0.3 is 9.84 Å². The van der Waals surface area contributed by atoms with E-state index in [4.69, 9.17) is 4.74 Å². The number of ether oxygens (including phenoxy) is 1. The van der Waals surface area contributed by atoms with Gasteiger partial charge in [0, 0.05) is 12.0 Å². The molecule has 17 heavy (non-hydrogen) atoms. The van der Waals surface area contributed by atoms with Crippen molar-refractivity contribution in [2.75, 3.05) is 0 Å². The molecule has 2 aliphatic rings. The zero-order valence-corrected chi connectivity index (χ0v) is 10.6. The Labute approximate surface area is 103 Å². The Kier molecular flexibility index (Phi) is 2.44. The number of rotatable bonds is 2. The van der Waals surface area contributed by atoms with Gasteiger partial charge in [-0.2, -0.15) is 0 Å². The van der Waals surface area contributed by atoms with Gasteiger partial charge in [-0.1, -0.05) is 18.6 Å². The third-order valence-electron chi connectivity index (χ3n) is 4.30. The molecule has 1 aromatic rings. The van der Waals surface area contributed by atoms with Gasteiger partial charge in [-0.3, -0.25) is 0 Å². The van der Waals surface area contributed by atoms with Crippen LogP contribution >= 0.6 is 0 Å². The van der Waals surface area contributed by atoms with Gasteiger partial charge in [0.2, 0.25) is 0 Å². The molecule has 2 heteroatoms. The highest BCUT2D eigenvalue weighted by Crippen LogP contribution is 2.52. The van der Waals surface area contributed by atoms with Crippen LogP contribution in [-0.2, 0) is 0 Å². The minimum atomic E-state index is -0.362. The van der Waals surface area contributed by atoms with Crippen LogP contribution in [0.5, 0.6) is 5.75 Å². The Morgan fingerprint density at radius 3 is 2.82 bits per heavy atom. The molecule has 0 aromatic heterocycles. The van der Waals surface area contributed by atoms with Crippen LogP contribution < -0.4 is 4.74 Å². The van der Waals surface area contributed by atoms with Crippen LogP contribution in [0.3, 0.4) is 0 Å². The van der Waals surface area contributed by atoms with Crippen LogP contribution in [0.15, 0.2) is 18.2 Å². The van der Waals surface area contributed by atoms with Crippen LogP contribution in [0.1, 0.15) is 49.8 Å². The molecule has 1 N–H and O–H groups in total. The fourth-order valence-corrected chi connectivity index (χ4v) is 3.08. The summed E-state index contributed by atoms with van der Waals surface area (Å²) in [7, 11) is 0. The summed E-state index contributed by atoms with van der Waals surface area (Å²) in [5.41, 5.74) is 2.04. The zero-order valence-electron chi connectivity index (χ0n) is 10.6. The van der Waals surface area contributed by atoms with Gasteiger partial charge in [-0.05, 0) is 44.2 Å². The molecule has 3 rings (SSSR count). The summed E-state index contributed by atoms with van der Waals surface area (Å²) < 4.78 is 6.26. The van der Waals surface area contributed by atoms with Gasteiger partial charge in [-0.25, -0.2) is 0 Å². The van der Waals surface area contributed by atoms with E-state index in [2.05, 4.69) is 19.9 Å². The number of benzene rings is 1. The van der Waals surface area contributed by atoms with E-state index in [1.807, 2.05) is 12.1 Å². The Bertz CT molecular complexity index is 437. The second-order valence-corrected chi connectivity index (χ2v) is 5.56. The molecule has 1 unspecified atom stereocenters. The van der Waals surface area contributed by atoms with E-state index in [9.17, 15) is 5.11 Å². The lowest BCUT2D eigenvalue weighted by atomic mass is 9.83. The van der Waals surface area contributed by atoms with Crippen molar-refractivity contribution >= 4 is 0 Å². The van der Waals surface area contributed by atoms with Gasteiger partial charge in [0.1, 0.15) is 11.4 Å². The molecule has 1 fully saturated rings. The summed E-state index contributed by atoms with van der Waals surface area (Å²) in [5.74, 6) is 1.54. The second kappa shape index (κ2) is 3.74. The van der Waals surface area contributed by atoms with E-state index in [-0.39, 0.29) is 11.7 Å². The predicted molar refractivity (Wildman–Crippen MR) is 67.1 cm³/mol. The lowest BCUT2D eigenvalue weighted by Gasteiger charge is -2.41. The molecule has 0 amide bonds. The van der Waals surface area contributed by atoms with E-state index in [0.717, 1.165) is 24.2 Å². The van der Waals surface area contributed by atoms with Crippen LogP contribution in [0.2, 0.25) is 0 Å². The van der Waals surface area contributed by atoms with Crippen molar-refractivity contribution in [1.82, 2.24) is 0 Å². The molecule has 0 bridgehead atoms. The molecule has 0 radical (unpaired) electrons. The maximum atomic E-state index is 10.3. The number of aryl methyl sites for hydroxylation is 1. The highest BCUT2D eigenvalue weighted by molar-refractivity contribution is 5.41. The summed E-state index contributed by atoms with van der Waals surface area (Å²) in [6.07, 6.45) is 3.88. The molecule has 1 saturated carbocycles. The van der Waals surface area contributed by atoms with Crippen LogP contribution in [-0.4, -0.2) is 10.7 Å². The fraction of sp³-hybridized carbons (Fsp3) is 0.600. The summed E-state index contributed by atoms with van der Waals surface area (Å²) in [4.78, 5) is 0. The van der Waals surface area contributed by atoms with Crippen molar-refractivity contribution in [3.63, 3.8) is 0 Å². The predicted octanol–water partition coefficient (Wildman–Crippen LogP) is 3.37. The van der Waals surface area contributed by atoms with Crippen molar-refractivity contribution in [3.05, 3.63) is 29.3 Å². The molecule has 1 aliphatic carbocycles. The largest absolute Gasteiger partial charge is 0.487 e. The van der Waals surface area contributed by atoms with Crippen LogP contribution in [0.4, 0.5) is 0 Å². The Hall–Kier alpha value is -1.02. The molecule has 1 heterocycles. The van der Waals surface area contributed by atoms with E-state index in [1.54, 1.807) is 0 Å². The smallest absolute Gasteiger partial charge is 0.125 e. The summed E-state index contributed by atoms with van der Waals surface area (Å²) in [5, 5.41) is 10.3. The fourth-order valence-electron chi connectivity index (χ4n) is 3.08. The number of hydrogen-bond acceptors (Lipinski definition) is 2. The SMILES string of the molecule is CCC1(C2CC2)C[C@H](O)c2cc(C)ccc2O1. The van der Waals surface area contributed by atoms with E-state index >= 15 is 0 Å². The van der Waals surface area contributed by atoms with Gasteiger partial charge in [-0.15, -0.1) is 0 Å². The van der Waals surface area contributed by atoms with Crippen molar-refractivity contribution in [2.45, 2.75) is 51.2 Å². The quantitative estimate of drug-likeness (QED) is 0.847. The average molecular weight is 232 g/mol. The average Bonchev–Trinajstić information content (AvgIpc) is 3.14. The highest BCUT2D eigenvalue weighted by atomic mass is 16.5. The summed E-state index contributed by atoms with van der Waals surface area (Å²) in [6.45, 7) is 4.22. The topological polar surface area (TPSA) is 29.5 Å². The minimum Gasteiger partial charge on any atom is -0.487 e. The van der Waals surface area contributed by atoms with Gasteiger partial charge in [0.25, 0.3) is 0 Å². The third kappa shape index (κ3) is 1.75. The molecule has 92 valence electrons. The Balaban J connectivity index is 1.99. The van der Waals surface area contributed by atoms with Crippen molar-refractivity contribution in [2.24, 2.45) is 5.92 Å².